The van der Waals surface area contributed by atoms with Gasteiger partial charge in [-0.2, -0.15) is 0 Å². The van der Waals surface area contributed by atoms with Gasteiger partial charge in [-0.3, -0.25) is 20.0 Å². The highest BCUT2D eigenvalue weighted by Crippen LogP contribution is 2.23. The Labute approximate surface area is 91.4 Å². The number of carbonyl (C=O) groups excluding carboxylic acids is 1. The van der Waals surface area contributed by atoms with E-state index in [4.69, 9.17) is 11.6 Å². The van der Waals surface area contributed by atoms with Crippen molar-refractivity contribution in [1.82, 2.24) is 0 Å². The smallest absolute Gasteiger partial charge is 0.282 e. The molecule has 0 fully saturated rings. The van der Waals surface area contributed by atoms with E-state index < -0.39 is 10.7 Å². The first-order chi connectivity index (χ1) is 6.99. The van der Waals surface area contributed by atoms with Gasteiger partial charge in [0.1, 0.15) is 0 Å². The first-order valence-corrected chi connectivity index (χ1v) is 4.45. The second-order valence-corrected chi connectivity index (χ2v) is 2.86. The second kappa shape index (κ2) is 6.78. The first-order valence-electron chi connectivity index (χ1n) is 4.07. The van der Waals surface area contributed by atoms with Crippen LogP contribution in [0.2, 0.25) is 0 Å². The summed E-state index contributed by atoms with van der Waals surface area (Å²) in [5.74, 6) is -0.549. The fourth-order valence-electron chi connectivity index (χ4n) is 0.608. The highest BCUT2D eigenvalue weighted by atomic mass is 35.5. The molecule has 0 heterocycles. The Morgan fingerprint density at radius 3 is 2.20 bits per heavy atom. The van der Waals surface area contributed by atoms with Crippen molar-refractivity contribution < 1.29 is 14.8 Å². The van der Waals surface area contributed by atoms with Gasteiger partial charge in [-0.25, -0.2) is 0 Å². The normalized spacial score (nSPS) is 8.67. The molecule has 0 aliphatic heterocycles. The average Bonchev–Trinajstić information content (AvgIpc) is 2.19. The molecule has 1 rings (SSSR count). The Bertz CT molecular complexity index is 354. The summed E-state index contributed by atoms with van der Waals surface area (Å²) in [4.78, 5) is 18.9. The summed E-state index contributed by atoms with van der Waals surface area (Å²) in [6.45, 7) is 1.72. The molecular weight excluding hydrogens is 222 g/mol. The largest absolute Gasteiger partial charge is 0.316 e. The molecule has 0 aliphatic carbocycles. The maximum atomic E-state index is 10.6. The molecule has 0 saturated heterocycles. The molecule has 0 saturated carbocycles. The monoisotopic (exact) mass is 230 g/mol. The molecule has 6 heteroatoms. The molecule has 0 unspecified atom stereocenters. The minimum Gasteiger partial charge on any atom is -0.282 e. The summed E-state index contributed by atoms with van der Waals surface area (Å²) >= 11 is 4.82. The Morgan fingerprint density at radius 2 is 1.93 bits per heavy atom. The van der Waals surface area contributed by atoms with Crippen LogP contribution in [-0.4, -0.2) is 10.2 Å². The van der Waals surface area contributed by atoms with Crippen LogP contribution in [-0.2, 0) is 9.90 Å². The Balaban J connectivity index is 0.000000336. The van der Waals surface area contributed by atoms with Crippen LogP contribution in [0.15, 0.2) is 24.3 Å². The molecule has 0 aliphatic rings. The van der Waals surface area contributed by atoms with Crippen molar-refractivity contribution >= 4 is 22.5 Å². The predicted molar refractivity (Wildman–Crippen MR) is 54.4 cm³/mol. The number of nitrogens with zero attached hydrogens (tertiary/aromatic N) is 1. The molecule has 0 atom stereocenters. The minimum atomic E-state index is -0.692. The van der Waals surface area contributed by atoms with Gasteiger partial charge in [-0.05, 0) is 17.7 Å². The van der Waals surface area contributed by atoms with Crippen molar-refractivity contribution in [1.29, 1.82) is 0 Å². The summed E-state index contributed by atoms with van der Waals surface area (Å²) < 4.78 is 0. The van der Waals surface area contributed by atoms with Gasteiger partial charge in [0.25, 0.3) is 5.75 Å². The number of halogens is 1. The molecule has 81 valence electrons. The van der Waals surface area contributed by atoms with Crippen molar-refractivity contribution in [2.24, 2.45) is 0 Å². The molecule has 0 N–H and O–H groups in total. The molecule has 1 radical (unpaired) electrons. The van der Waals surface area contributed by atoms with E-state index in [2.05, 4.69) is 0 Å². The van der Waals surface area contributed by atoms with E-state index in [1.54, 1.807) is 6.92 Å². The van der Waals surface area contributed by atoms with Crippen molar-refractivity contribution in [2.45, 2.75) is 13.3 Å². The molecule has 0 aromatic heterocycles. The van der Waals surface area contributed by atoms with Crippen LogP contribution in [0.5, 0.6) is 5.75 Å². The molecule has 0 spiro atoms. The van der Waals surface area contributed by atoms with Crippen molar-refractivity contribution in [2.75, 3.05) is 0 Å². The fraction of sp³-hybridized carbons (Fsp3) is 0.222. The molecular formula is C9H9ClNO4. The Morgan fingerprint density at radius 1 is 1.47 bits per heavy atom. The molecule has 1 aromatic carbocycles. The summed E-state index contributed by atoms with van der Waals surface area (Å²) in [7, 11) is 0. The first kappa shape index (κ1) is 13.4. The maximum Gasteiger partial charge on any atom is 0.316 e. The summed E-state index contributed by atoms with van der Waals surface area (Å²) in [6.07, 6.45) is 0.432. The van der Waals surface area contributed by atoms with E-state index in [9.17, 15) is 20.0 Å². The van der Waals surface area contributed by atoms with Crippen LogP contribution in [0.1, 0.15) is 13.3 Å². The van der Waals surface area contributed by atoms with Crippen molar-refractivity contribution in [3.63, 3.8) is 0 Å². The number of nitro groups is 1. The van der Waals surface area contributed by atoms with Crippen LogP contribution in [0.25, 0.3) is 0 Å². The predicted octanol–water partition coefficient (Wildman–Crippen LogP) is 2.90. The molecule has 5 nitrogen and oxygen atoms in total. The zero-order valence-corrected chi connectivity index (χ0v) is 8.73. The van der Waals surface area contributed by atoms with E-state index >= 15 is 0 Å². The number of hydrogen-bond acceptors (Lipinski definition) is 3. The number of hydrogen-bond donors (Lipinski definition) is 0. The topological polar surface area (TPSA) is 80.1 Å². The van der Waals surface area contributed by atoms with Crippen LogP contribution >= 0.6 is 11.6 Å². The zero-order chi connectivity index (χ0) is 11.8. The molecule has 15 heavy (non-hydrogen) atoms. The average molecular weight is 231 g/mol. The van der Waals surface area contributed by atoms with Crippen LogP contribution < -0.4 is 0 Å². The number of rotatable bonds is 2. The van der Waals surface area contributed by atoms with Crippen molar-refractivity contribution in [3.8, 4) is 5.75 Å². The highest BCUT2D eigenvalue weighted by Gasteiger charge is 2.11. The van der Waals surface area contributed by atoms with Crippen LogP contribution in [0.4, 0.5) is 5.69 Å². The molecule has 0 amide bonds. The van der Waals surface area contributed by atoms with E-state index in [1.807, 2.05) is 0 Å². The third-order valence-corrected chi connectivity index (χ3v) is 1.61. The van der Waals surface area contributed by atoms with Crippen molar-refractivity contribution in [3.05, 3.63) is 34.4 Å². The Hall–Kier alpha value is -1.62. The highest BCUT2D eigenvalue weighted by molar-refractivity contribution is 6.63. The third-order valence-electron chi connectivity index (χ3n) is 1.34. The quantitative estimate of drug-likeness (QED) is 0.445. The maximum absolute atomic E-state index is 10.6. The van der Waals surface area contributed by atoms with Gasteiger partial charge in [-0.15, -0.1) is 0 Å². The number of para-hydroxylation sites is 2. The Kier molecular flexibility index (Phi) is 6.05. The number of benzene rings is 1. The van der Waals surface area contributed by atoms with Crippen LogP contribution in [0, 0.1) is 10.1 Å². The number of carbonyl (C=O) groups is 1. The lowest BCUT2D eigenvalue weighted by Gasteiger charge is -1.88. The molecule has 1 aromatic rings. The van der Waals surface area contributed by atoms with Gasteiger partial charge in [0, 0.05) is 12.5 Å². The SMILES string of the molecule is CCC(=O)Cl.[O]c1ccccc1[N+](=O)[O-]. The zero-order valence-electron chi connectivity index (χ0n) is 7.97. The van der Waals surface area contributed by atoms with Gasteiger partial charge in [0.15, 0.2) is 0 Å². The molecule has 0 bridgehead atoms. The van der Waals surface area contributed by atoms with Gasteiger partial charge >= 0.3 is 5.69 Å². The lowest BCUT2D eigenvalue weighted by molar-refractivity contribution is -0.386. The summed E-state index contributed by atoms with van der Waals surface area (Å²) in [5, 5.41) is 20.4. The van der Waals surface area contributed by atoms with E-state index in [-0.39, 0.29) is 10.9 Å². The summed E-state index contributed by atoms with van der Waals surface area (Å²) in [6, 6.07) is 5.27. The van der Waals surface area contributed by atoms with E-state index in [0.29, 0.717) is 6.42 Å². The third kappa shape index (κ3) is 5.64. The number of nitro benzene ring substituents is 1. The van der Waals surface area contributed by atoms with Crippen LogP contribution in [0.3, 0.4) is 0 Å². The van der Waals surface area contributed by atoms with Gasteiger partial charge in [-0.1, -0.05) is 19.1 Å². The minimum absolute atomic E-state index is 0.273. The van der Waals surface area contributed by atoms with E-state index in [1.165, 1.54) is 18.2 Å². The second-order valence-electron chi connectivity index (χ2n) is 2.43. The lowest BCUT2D eigenvalue weighted by atomic mass is 10.3. The van der Waals surface area contributed by atoms with Gasteiger partial charge < -0.3 is 0 Å². The standard InChI is InChI=1S/C6H4NO3.C3H5ClO/c8-6-4-2-1-3-5(6)7(9)10;1-2-3(4)5/h1-4H;2H2,1H3. The van der Waals surface area contributed by atoms with E-state index in [0.717, 1.165) is 6.07 Å². The van der Waals surface area contributed by atoms with Gasteiger partial charge in [0.05, 0.1) is 4.92 Å². The summed E-state index contributed by atoms with van der Waals surface area (Å²) in [5.41, 5.74) is -0.373. The lowest BCUT2D eigenvalue weighted by Crippen LogP contribution is -1.86. The fourth-order valence-corrected chi connectivity index (χ4v) is 0.608. The van der Waals surface area contributed by atoms with Gasteiger partial charge in [0.2, 0.25) is 5.24 Å².